The highest BCUT2D eigenvalue weighted by molar-refractivity contribution is 5.97. The van der Waals surface area contributed by atoms with E-state index in [1.54, 1.807) is 35.4 Å². The summed E-state index contributed by atoms with van der Waals surface area (Å²) in [6.45, 7) is 14.6. The minimum Gasteiger partial charge on any atom is -0.490 e. The van der Waals surface area contributed by atoms with Crippen LogP contribution in [-0.4, -0.2) is 85.1 Å². The molecule has 3 aliphatic rings. The first-order valence-corrected chi connectivity index (χ1v) is 16.1. The number of aromatic nitrogens is 1. The molecule has 0 radical (unpaired) electrons. The van der Waals surface area contributed by atoms with Gasteiger partial charge >= 0.3 is 0 Å². The number of anilines is 1. The SMILES string of the molecule is [C-]#[N+]c1ccc(OC2CCN(C(=O)c3ccc(C(=O)CC4CCN(Cc5ccc(N6CCOCC6)cc5)CC4)cn3)CC2)cc1. The van der Waals surface area contributed by atoms with Crippen LogP contribution in [0.15, 0.2) is 66.9 Å². The fourth-order valence-corrected chi connectivity index (χ4v) is 6.44. The lowest BCUT2D eigenvalue weighted by molar-refractivity contribution is 0.0589. The number of Topliss-reactive ketones (excluding diaryl/α,β-unsaturated/α-hetero) is 1. The van der Waals surface area contributed by atoms with Crippen molar-refractivity contribution in [2.75, 3.05) is 57.4 Å². The second-order valence-electron chi connectivity index (χ2n) is 12.3. The highest BCUT2D eigenvalue weighted by Crippen LogP contribution is 2.26. The predicted octanol–water partition coefficient (Wildman–Crippen LogP) is 5.64. The lowest BCUT2D eigenvalue weighted by Crippen LogP contribution is -2.42. The van der Waals surface area contributed by atoms with E-state index in [-0.39, 0.29) is 17.8 Å². The van der Waals surface area contributed by atoms with Crippen LogP contribution in [0.25, 0.3) is 4.85 Å². The molecule has 1 aromatic heterocycles. The Hall–Kier alpha value is -4.26. The van der Waals surface area contributed by atoms with Crippen LogP contribution in [0, 0.1) is 12.5 Å². The first kappa shape index (κ1) is 30.8. The van der Waals surface area contributed by atoms with Gasteiger partial charge in [0.1, 0.15) is 17.5 Å². The number of piperidine rings is 2. The summed E-state index contributed by atoms with van der Waals surface area (Å²) >= 11 is 0. The van der Waals surface area contributed by atoms with Crippen LogP contribution in [-0.2, 0) is 11.3 Å². The van der Waals surface area contributed by atoms with E-state index in [0.29, 0.717) is 42.4 Å². The zero-order valence-electron chi connectivity index (χ0n) is 25.8. The first-order valence-electron chi connectivity index (χ1n) is 16.1. The fraction of sp³-hybridized carbons (Fsp3) is 0.444. The molecule has 0 atom stereocenters. The van der Waals surface area contributed by atoms with Crippen molar-refractivity contribution in [1.82, 2.24) is 14.8 Å². The van der Waals surface area contributed by atoms with E-state index in [1.807, 2.05) is 12.1 Å². The molecule has 1 amide bonds. The van der Waals surface area contributed by atoms with E-state index >= 15 is 0 Å². The second-order valence-corrected chi connectivity index (χ2v) is 12.3. The van der Waals surface area contributed by atoms with Gasteiger partial charge in [0.2, 0.25) is 0 Å². The molecule has 0 bridgehead atoms. The van der Waals surface area contributed by atoms with Crippen molar-refractivity contribution >= 4 is 23.1 Å². The molecule has 45 heavy (non-hydrogen) atoms. The second kappa shape index (κ2) is 14.7. The van der Waals surface area contributed by atoms with Crippen molar-refractivity contribution in [2.45, 2.75) is 44.8 Å². The number of nitrogens with zero attached hydrogens (tertiary/aromatic N) is 5. The van der Waals surface area contributed by atoms with Gasteiger partial charge < -0.3 is 19.3 Å². The highest BCUT2D eigenvalue weighted by Gasteiger charge is 2.26. The van der Waals surface area contributed by atoms with Gasteiger partial charge in [0.25, 0.3) is 5.91 Å². The molecule has 3 aliphatic heterocycles. The summed E-state index contributed by atoms with van der Waals surface area (Å²) in [5.41, 5.74) is 4.11. The number of ether oxygens (including phenoxy) is 2. The molecular formula is C36H41N5O4. The molecule has 9 heteroatoms. The van der Waals surface area contributed by atoms with E-state index < -0.39 is 0 Å². The van der Waals surface area contributed by atoms with Crippen LogP contribution in [0.4, 0.5) is 11.4 Å². The molecule has 3 saturated heterocycles. The van der Waals surface area contributed by atoms with Gasteiger partial charge in [-0.15, -0.1) is 0 Å². The molecule has 6 rings (SSSR count). The van der Waals surface area contributed by atoms with Gasteiger partial charge in [-0.2, -0.15) is 0 Å². The Balaban J connectivity index is 0.916. The molecule has 2 aromatic carbocycles. The van der Waals surface area contributed by atoms with Crippen LogP contribution >= 0.6 is 0 Å². The maximum absolute atomic E-state index is 13.1. The third-order valence-corrected chi connectivity index (χ3v) is 9.20. The van der Waals surface area contributed by atoms with Gasteiger partial charge in [0.15, 0.2) is 11.5 Å². The van der Waals surface area contributed by atoms with E-state index in [4.69, 9.17) is 16.0 Å². The number of morpholine rings is 1. The van der Waals surface area contributed by atoms with Crippen LogP contribution in [0.1, 0.15) is 58.5 Å². The molecule has 0 N–H and O–H groups in total. The number of carbonyl (C=O) groups excluding carboxylic acids is 2. The van der Waals surface area contributed by atoms with E-state index in [0.717, 1.165) is 77.4 Å². The van der Waals surface area contributed by atoms with E-state index in [2.05, 4.69) is 43.9 Å². The monoisotopic (exact) mass is 607 g/mol. The minimum atomic E-state index is -0.114. The third-order valence-electron chi connectivity index (χ3n) is 9.20. The first-order chi connectivity index (χ1) is 22.0. The summed E-state index contributed by atoms with van der Waals surface area (Å²) in [7, 11) is 0. The van der Waals surface area contributed by atoms with Gasteiger partial charge in [-0.3, -0.25) is 19.5 Å². The van der Waals surface area contributed by atoms with Crippen molar-refractivity contribution in [3.63, 3.8) is 0 Å². The molecule has 0 spiro atoms. The van der Waals surface area contributed by atoms with Crippen molar-refractivity contribution in [1.29, 1.82) is 0 Å². The molecule has 3 aromatic rings. The number of hydrogen-bond acceptors (Lipinski definition) is 7. The number of hydrogen-bond donors (Lipinski definition) is 0. The Morgan fingerprint density at radius 2 is 1.58 bits per heavy atom. The summed E-state index contributed by atoms with van der Waals surface area (Å²) in [6, 6.07) is 19.5. The smallest absolute Gasteiger partial charge is 0.272 e. The lowest BCUT2D eigenvalue weighted by Gasteiger charge is -2.32. The Morgan fingerprint density at radius 3 is 2.22 bits per heavy atom. The zero-order valence-corrected chi connectivity index (χ0v) is 25.8. The van der Waals surface area contributed by atoms with Crippen molar-refractivity contribution in [3.8, 4) is 5.75 Å². The maximum atomic E-state index is 13.1. The summed E-state index contributed by atoms with van der Waals surface area (Å²) < 4.78 is 11.5. The summed E-state index contributed by atoms with van der Waals surface area (Å²) in [6.07, 6.45) is 5.58. The average Bonchev–Trinajstić information content (AvgIpc) is 3.10. The van der Waals surface area contributed by atoms with Gasteiger partial charge in [0.05, 0.1) is 19.8 Å². The molecule has 0 aliphatic carbocycles. The molecule has 3 fully saturated rings. The standard InChI is InChI=1S/C36H41N5O4/c1-37-30-5-9-32(10-6-30)45-33-14-18-41(19-15-33)36(43)34-11-4-29(25-38-34)35(42)24-27-12-16-39(17-13-27)26-28-2-7-31(8-3-28)40-20-22-44-23-21-40/h2-11,25,27,33H,12-24,26H2. The topological polar surface area (TPSA) is 79.6 Å². The van der Waals surface area contributed by atoms with Crippen LogP contribution < -0.4 is 9.64 Å². The number of rotatable bonds is 9. The Bertz CT molecular complexity index is 1460. The number of pyridine rings is 1. The molecule has 234 valence electrons. The number of likely N-dealkylation sites (tertiary alicyclic amines) is 2. The van der Waals surface area contributed by atoms with Crippen LogP contribution in [0.3, 0.4) is 0 Å². The van der Waals surface area contributed by atoms with E-state index in [1.165, 1.54) is 11.3 Å². The normalized spacial score (nSPS) is 18.4. The quantitative estimate of drug-likeness (QED) is 0.230. The fourth-order valence-electron chi connectivity index (χ4n) is 6.44. The number of carbonyl (C=O) groups is 2. The number of amides is 1. The minimum absolute atomic E-state index is 0.0276. The largest absolute Gasteiger partial charge is 0.490 e. The Morgan fingerprint density at radius 1 is 0.867 bits per heavy atom. The molecular weight excluding hydrogens is 566 g/mol. The molecule has 9 nitrogen and oxygen atoms in total. The summed E-state index contributed by atoms with van der Waals surface area (Å²) in [5.74, 6) is 1.09. The van der Waals surface area contributed by atoms with Crippen LogP contribution in [0.2, 0.25) is 0 Å². The Kier molecular flexibility index (Phi) is 10.0. The molecule has 4 heterocycles. The van der Waals surface area contributed by atoms with Crippen molar-refractivity contribution in [2.24, 2.45) is 5.92 Å². The summed E-state index contributed by atoms with van der Waals surface area (Å²) in [4.78, 5) is 40.6. The van der Waals surface area contributed by atoms with E-state index in [9.17, 15) is 9.59 Å². The highest BCUT2D eigenvalue weighted by atomic mass is 16.5. The van der Waals surface area contributed by atoms with Crippen LogP contribution in [0.5, 0.6) is 5.75 Å². The maximum Gasteiger partial charge on any atom is 0.272 e. The van der Waals surface area contributed by atoms with Gasteiger partial charge in [-0.05, 0) is 73.8 Å². The van der Waals surface area contributed by atoms with Crippen molar-refractivity contribution in [3.05, 3.63) is 95.1 Å². The summed E-state index contributed by atoms with van der Waals surface area (Å²) in [5, 5.41) is 0. The van der Waals surface area contributed by atoms with Gasteiger partial charge in [-0.25, -0.2) is 4.85 Å². The molecule has 0 saturated carbocycles. The lowest BCUT2D eigenvalue weighted by atomic mass is 9.90. The Labute approximate surface area is 265 Å². The molecule has 0 unspecified atom stereocenters. The average molecular weight is 608 g/mol. The number of ketones is 1. The van der Waals surface area contributed by atoms with Gasteiger partial charge in [-0.1, -0.05) is 24.3 Å². The van der Waals surface area contributed by atoms with Gasteiger partial charge in [0, 0.05) is 69.4 Å². The zero-order chi connectivity index (χ0) is 31.0. The third kappa shape index (κ3) is 8.07. The number of benzene rings is 2. The predicted molar refractivity (Wildman–Crippen MR) is 173 cm³/mol. The van der Waals surface area contributed by atoms with Crippen molar-refractivity contribution < 1.29 is 19.1 Å².